The first kappa shape index (κ1) is 11.3. The SMILES string of the molecule is O=C(O)C1CCC2(CC1)CC(C(=O)O)NN2. The van der Waals surface area contributed by atoms with Gasteiger partial charge < -0.3 is 10.2 Å². The predicted octanol–water partition coefficient (Wildman–Crippen LogP) is -0.0489. The number of carboxylic acid groups (broad SMARTS) is 2. The lowest BCUT2D eigenvalue weighted by molar-refractivity contribution is -0.143. The average molecular weight is 228 g/mol. The molecule has 1 saturated carbocycles. The molecule has 16 heavy (non-hydrogen) atoms. The Labute approximate surface area is 93.0 Å². The highest BCUT2D eigenvalue weighted by Crippen LogP contribution is 2.37. The van der Waals surface area contributed by atoms with Crippen molar-refractivity contribution in [3.05, 3.63) is 0 Å². The van der Waals surface area contributed by atoms with Crippen molar-refractivity contribution in [2.24, 2.45) is 5.92 Å². The van der Waals surface area contributed by atoms with Crippen LogP contribution in [0.5, 0.6) is 0 Å². The molecule has 2 rings (SSSR count). The standard InChI is InChI=1S/C10H16N2O4/c13-8(14)6-1-3-10(4-2-6)5-7(9(15)16)11-12-10/h6-7,11-12H,1-5H2,(H,13,14)(H,15,16). The van der Waals surface area contributed by atoms with Crippen molar-refractivity contribution in [1.82, 2.24) is 10.9 Å². The lowest BCUT2D eigenvalue weighted by Crippen LogP contribution is -2.47. The molecule has 0 aromatic rings. The van der Waals surface area contributed by atoms with Crippen LogP contribution < -0.4 is 10.9 Å². The van der Waals surface area contributed by atoms with Crippen LogP contribution >= 0.6 is 0 Å². The Morgan fingerprint density at radius 3 is 2.19 bits per heavy atom. The van der Waals surface area contributed by atoms with Crippen LogP contribution in [0.3, 0.4) is 0 Å². The van der Waals surface area contributed by atoms with E-state index in [0.717, 1.165) is 12.8 Å². The maximum Gasteiger partial charge on any atom is 0.322 e. The minimum absolute atomic E-state index is 0.213. The zero-order valence-electron chi connectivity index (χ0n) is 8.90. The van der Waals surface area contributed by atoms with Gasteiger partial charge in [-0.1, -0.05) is 0 Å². The number of carboxylic acids is 2. The minimum atomic E-state index is -0.857. The van der Waals surface area contributed by atoms with E-state index in [1.807, 2.05) is 0 Å². The van der Waals surface area contributed by atoms with Crippen molar-refractivity contribution in [1.29, 1.82) is 0 Å². The van der Waals surface area contributed by atoms with Crippen molar-refractivity contribution >= 4 is 11.9 Å². The van der Waals surface area contributed by atoms with Gasteiger partial charge in [-0.25, -0.2) is 5.43 Å². The highest BCUT2D eigenvalue weighted by molar-refractivity contribution is 5.74. The van der Waals surface area contributed by atoms with Gasteiger partial charge in [0.1, 0.15) is 6.04 Å². The Hall–Kier alpha value is -1.14. The molecular formula is C10H16N2O4. The number of hydrogen-bond donors (Lipinski definition) is 4. The normalized spacial score (nSPS) is 38.8. The Kier molecular flexibility index (Phi) is 2.86. The summed E-state index contributed by atoms with van der Waals surface area (Å²) in [7, 11) is 0. The van der Waals surface area contributed by atoms with Gasteiger partial charge in [-0.2, -0.15) is 0 Å². The highest BCUT2D eigenvalue weighted by atomic mass is 16.4. The Balaban J connectivity index is 1.93. The van der Waals surface area contributed by atoms with Gasteiger partial charge in [0.15, 0.2) is 0 Å². The second-order valence-electron chi connectivity index (χ2n) is 4.76. The third-order valence-electron chi connectivity index (χ3n) is 3.70. The van der Waals surface area contributed by atoms with Gasteiger partial charge in [-0.3, -0.25) is 15.0 Å². The van der Waals surface area contributed by atoms with Gasteiger partial charge in [-0.15, -0.1) is 0 Å². The smallest absolute Gasteiger partial charge is 0.322 e. The van der Waals surface area contributed by atoms with E-state index in [-0.39, 0.29) is 11.5 Å². The van der Waals surface area contributed by atoms with E-state index in [0.29, 0.717) is 19.3 Å². The lowest BCUT2D eigenvalue weighted by atomic mass is 9.75. The van der Waals surface area contributed by atoms with Crippen LogP contribution in [0.4, 0.5) is 0 Å². The first-order valence-corrected chi connectivity index (χ1v) is 5.51. The van der Waals surface area contributed by atoms with Crippen LogP contribution in [0.1, 0.15) is 32.1 Å². The fourth-order valence-corrected chi connectivity index (χ4v) is 2.63. The highest BCUT2D eigenvalue weighted by Gasteiger charge is 2.44. The topological polar surface area (TPSA) is 98.7 Å². The Morgan fingerprint density at radius 2 is 1.75 bits per heavy atom. The van der Waals surface area contributed by atoms with Crippen molar-refractivity contribution < 1.29 is 19.8 Å². The molecule has 0 radical (unpaired) electrons. The quantitative estimate of drug-likeness (QED) is 0.529. The van der Waals surface area contributed by atoms with Crippen molar-refractivity contribution in [2.75, 3.05) is 0 Å². The third kappa shape index (κ3) is 2.03. The number of rotatable bonds is 2. The molecule has 1 saturated heterocycles. The molecular weight excluding hydrogens is 212 g/mol. The Morgan fingerprint density at radius 1 is 1.12 bits per heavy atom. The molecule has 1 spiro atoms. The molecule has 6 heteroatoms. The van der Waals surface area contributed by atoms with E-state index in [1.165, 1.54) is 0 Å². The van der Waals surface area contributed by atoms with Crippen molar-refractivity contribution in [3.63, 3.8) is 0 Å². The third-order valence-corrected chi connectivity index (χ3v) is 3.70. The average Bonchev–Trinajstić information content (AvgIpc) is 2.63. The summed E-state index contributed by atoms with van der Waals surface area (Å²) in [5, 5.41) is 17.8. The molecule has 2 aliphatic rings. The first-order valence-electron chi connectivity index (χ1n) is 5.51. The molecule has 4 N–H and O–H groups in total. The van der Waals surface area contributed by atoms with Crippen LogP contribution in [-0.4, -0.2) is 33.7 Å². The second-order valence-corrected chi connectivity index (χ2v) is 4.76. The van der Waals surface area contributed by atoms with Crippen LogP contribution in [0.25, 0.3) is 0 Å². The summed E-state index contributed by atoms with van der Waals surface area (Å²) in [5.41, 5.74) is 5.59. The maximum atomic E-state index is 10.8. The van der Waals surface area contributed by atoms with Crippen LogP contribution in [0.2, 0.25) is 0 Å². The summed E-state index contributed by atoms with van der Waals surface area (Å²) in [5.74, 6) is -1.86. The van der Waals surface area contributed by atoms with E-state index in [2.05, 4.69) is 10.9 Å². The van der Waals surface area contributed by atoms with Gasteiger partial charge in [0, 0.05) is 5.54 Å². The number of hydrogen-bond acceptors (Lipinski definition) is 4. The molecule has 1 aliphatic carbocycles. The van der Waals surface area contributed by atoms with Gasteiger partial charge in [0.2, 0.25) is 0 Å². The summed E-state index contributed by atoms with van der Waals surface area (Å²) in [6.07, 6.45) is 3.23. The number of aliphatic carboxylic acids is 2. The second kappa shape index (κ2) is 4.03. The summed E-state index contributed by atoms with van der Waals surface area (Å²) in [6, 6.07) is -0.554. The van der Waals surface area contributed by atoms with Crippen LogP contribution in [-0.2, 0) is 9.59 Å². The van der Waals surface area contributed by atoms with Crippen LogP contribution in [0.15, 0.2) is 0 Å². The monoisotopic (exact) mass is 228 g/mol. The maximum absolute atomic E-state index is 10.8. The molecule has 0 amide bonds. The lowest BCUT2D eigenvalue weighted by Gasteiger charge is -2.35. The van der Waals surface area contributed by atoms with E-state index in [1.54, 1.807) is 0 Å². The summed E-state index contributed by atoms with van der Waals surface area (Å²) in [4.78, 5) is 21.6. The fraction of sp³-hybridized carbons (Fsp3) is 0.800. The van der Waals surface area contributed by atoms with Crippen molar-refractivity contribution in [3.8, 4) is 0 Å². The molecule has 1 aliphatic heterocycles. The van der Waals surface area contributed by atoms with E-state index in [4.69, 9.17) is 10.2 Å². The van der Waals surface area contributed by atoms with E-state index < -0.39 is 18.0 Å². The van der Waals surface area contributed by atoms with Gasteiger partial charge in [-0.05, 0) is 32.1 Å². The summed E-state index contributed by atoms with van der Waals surface area (Å²) >= 11 is 0. The molecule has 6 nitrogen and oxygen atoms in total. The number of nitrogens with one attached hydrogen (secondary N) is 2. The number of hydrazine groups is 1. The van der Waals surface area contributed by atoms with Crippen molar-refractivity contribution in [2.45, 2.75) is 43.7 Å². The zero-order valence-corrected chi connectivity index (χ0v) is 8.90. The number of carbonyl (C=O) groups is 2. The molecule has 90 valence electrons. The van der Waals surface area contributed by atoms with Gasteiger partial charge in [0.25, 0.3) is 0 Å². The summed E-state index contributed by atoms with van der Waals surface area (Å²) in [6.45, 7) is 0. The molecule has 1 heterocycles. The van der Waals surface area contributed by atoms with E-state index in [9.17, 15) is 9.59 Å². The molecule has 0 aromatic carbocycles. The van der Waals surface area contributed by atoms with Crippen LogP contribution in [0, 0.1) is 5.92 Å². The molecule has 0 aromatic heterocycles. The Bertz CT molecular complexity index is 310. The molecule has 1 atom stereocenters. The van der Waals surface area contributed by atoms with Gasteiger partial charge in [0.05, 0.1) is 5.92 Å². The largest absolute Gasteiger partial charge is 0.481 e. The first-order chi connectivity index (χ1) is 7.52. The van der Waals surface area contributed by atoms with E-state index >= 15 is 0 Å². The molecule has 1 unspecified atom stereocenters. The van der Waals surface area contributed by atoms with Gasteiger partial charge >= 0.3 is 11.9 Å². The fourth-order valence-electron chi connectivity index (χ4n) is 2.63. The minimum Gasteiger partial charge on any atom is -0.481 e. The zero-order chi connectivity index (χ0) is 11.8. The molecule has 0 bridgehead atoms. The molecule has 2 fully saturated rings. The predicted molar refractivity (Wildman–Crippen MR) is 54.6 cm³/mol. The summed E-state index contributed by atoms with van der Waals surface area (Å²) < 4.78 is 0.